The van der Waals surface area contributed by atoms with Crippen LogP contribution < -0.4 is 0 Å². The summed E-state index contributed by atoms with van der Waals surface area (Å²) < 4.78 is 62.4. The minimum Gasteiger partial charge on any atom is -0.455 e. The molecule has 4 aromatic rings. The zero-order chi connectivity index (χ0) is 39.6. The van der Waals surface area contributed by atoms with Gasteiger partial charge in [0.25, 0.3) is 0 Å². The van der Waals surface area contributed by atoms with Crippen molar-refractivity contribution < 1.29 is 62.1 Å². The van der Waals surface area contributed by atoms with Crippen molar-refractivity contribution in [2.24, 2.45) is 0 Å². The maximum atomic E-state index is 12.6. The van der Waals surface area contributed by atoms with Gasteiger partial charge in [-0.15, -0.1) is 0 Å². The molecule has 13 nitrogen and oxygen atoms in total. The Labute approximate surface area is 331 Å². The van der Waals surface area contributed by atoms with Crippen molar-refractivity contribution in [3.63, 3.8) is 0 Å². The molecule has 57 heavy (non-hydrogen) atoms. The van der Waals surface area contributed by atoms with Crippen LogP contribution in [0.25, 0.3) is 0 Å². The van der Waals surface area contributed by atoms with Gasteiger partial charge in [0.2, 0.25) is 6.29 Å². The lowest BCUT2D eigenvalue weighted by Gasteiger charge is -2.50. The Morgan fingerprint density at radius 1 is 0.614 bits per heavy atom. The Bertz CT molecular complexity index is 1830. The van der Waals surface area contributed by atoms with Crippen LogP contribution in [0.4, 0.5) is 0 Å². The van der Waals surface area contributed by atoms with Crippen molar-refractivity contribution in [2.45, 2.75) is 101 Å². The van der Waals surface area contributed by atoms with E-state index in [0.717, 1.165) is 22.3 Å². The molecule has 0 saturated carbocycles. The highest BCUT2D eigenvalue weighted by Crippen LogP contribution is 2.38. The second kappa shape index (κ2) is 19.7. The topological polar surface area (TPSA) is 147 Å². The van der Waals surface area contributed by atoms with E-state index in [1.807, 2.05) is 121 Å². The third-order valence-corrected chi connectivity index (χ3v) is 9.81. The average molecular weight is 785 g/mol. The molecule has 3 saturated heterocycles. The second-order valence-corrected chi connectivity index (χ2v) is 14.1. The number of carbonyl (C=O) groups is 2. The number of hydrogen-bond acceptors (Lipinski definition) is 13. The quantitative estimate of drug-likeness (QED) is 0.158. The third-order valence-electron chi connectivity index (χ3n) is 9.81. The van der Waals surface area contributed by atoms with E-state index in [-0.39, 0.29) is 33.0 Å². The Hall–Kier alpha value is -4.54. The van der Waals surface area contributed by atoms with Crippen molar-refractivity contribution >= 4 is 11.9 Å². The van der Waals surface area contributed by atoms with Gasteiger partial charge >= 0.3 is 11.9 Å². The summed E-state index contributed by atoms with van der Waals surface area (Å²) in [6, 6.07) is 38.1. The normalized spacial score (nSPS) is 29.8. The first-order chi connectivity index (χ1) is 27.8. The number of esters is 2. The van der Waals surface area contributed by atoms with Crippen LogP contribution in [0.5, 0.6) is 0 Å². The summed E-state index contributed by atoms with van der Waals surface area (Å²) in [6.45, 7) is 3.16. The summed E-state index contributed by atoms with van der Waals surface area (Å²) in [7, 11) is 0. The molecule has 13 heteroatoms. The standard InChI is InChI=1S/C44H48O13/c1-28(45)52-40-38-35(27-51-42(56-38)33-21-13-6-14-22-33)55-44(41(40)53-29(2)46)57-43-36(47)39(50-25-32-19-11-5-12-20-32)37(49-24-31-17-9-4-10-18-31)34(54-43)26-48-23-30-15-7-3-8-16-30/h3-22,34-44,47H,23-27H2,1-2H3/t34-,35-,36+,37-,38-,39-,40+,41-,42?,43+,44+/m1/s1. The van der Waals surface area contributed by atoms with Crippen molar-refractivity contribution in [1.29, 1.82) is 0 Å². The second-order valence-electron chi connectivity index (χ2n) is 14.1. The molecule has 0 aromatic heterocycles. The first kappa shape index (κ1) is 40.6. The smallest absolute Gasteiger partial charge is 0.303 e. The van der Waals surface area contributed by atoms with Crippen LogP contribution in [0.2, 0.25) is 0 Å². The molecular weight excluding hydrogens is 736 g/mol. The molecule has 1 unspecified atom stereocenters. The summed E-state index contributed by atoms with van der Waals surface area (Å²) in [5.74, 6) is -1.32. The van der Waals surface area contributed by atoms with Gasteiger partial charge in [0.1, 0.15) is 36.6 Å². The lowest BCUT2D eigenvalue weighted by Crippen LogP contribution is -2.66. The summed E-state index contributed by atoms with van der Waals surface area (Å²) in [6.07, 6.45) is -12.0. The van der Waals surface area contributed by atoms with Gasteiger partial charge in [-0.1, -0.05) is 121 Å². The van der Waals surface area contributed by atoms with Crippen molar-refractivity contribution in [3.8, 4) is 0 Å². The fraction of sp³-hybridized carbons (Fsp3) is 0.409. The molecule has 0 bridgehead atoms. The molecule has 0 amide bonds. The van der Waals surface area contributed by atoms with Gasteiger partial charge < -0.3 is 52.5 Å². The first-order valence-electron chi connectivity index (χ1n) is 19.1. The molecule has 3 fully saturated rings. The largest absolute Gasteiger partial charge is 0.455 e. The minimum absolute atomic E-state index is 0.0247. The molecule has 0 aliphatic carbocycles. The maximum absolute atomic E-state index is 12.6. The molecule has 0 radical (unpaired) electrons. The lowest BCUT2D eigenvalue weighted by atomic mass is 9.96. The summed E-state index contributed by atoms with van der Waals surface area (Å²) in [4.78, 5) is 25.2. The van der Waals surface area contributed by atoms with Crippen LogP contribution in [0.15, 0.2) is 121 Å². The highest BCUT2D eigenvalue weighted by molar-refractivity contribution is 5.67. The van der Waals surface area contributed by atoms with Crippen LogP contribution >= 0.6 is 0 Å². The molecule has 0 spiro atoms. The van der Waals surface area contributed by atoms with Crippen LogP contribution in [0, 0.1) is 0 Å². The van der Waals surface area contributed by atoms with Crippen LogP contribution in [0.3, 0.4) is 0 Å². The number of ether oxygens (including phenoxy) is 10. The third kappa shape index (κ3) is 10.7. The van der Waals surface area contributed by atoms with Crippen molar-refractivity contribution in [2.75, 3.05) is 13.2 Å². The number of aliphatic hydroxyl groups is 1. The van der Waals surface area contributed by atoms with Crippen molar-refractivity contribution in [3.05, 3.63) is 144 Å². The van der Waals surface area contributed by atoms with Gasteiger partial charge in [-0.3, -0.25) is 9.59 Å². The summed E-state index contributed by atoms with van der Waals surface area (Å²) in [5, 5.41) is 12.1. The van der Waals surface area contributed by atoms with Gasteiger partial charge in [-0.2, -0.15) is 0 Å². The molecule has 1 N–H and O–H groups in total. The van der Waals surface area contributed by atoms with E-state index < -0.39 is 79.6 Å². The fourth-order valence-corrected chi connectivity index (χ4v) is 7.14. The van der Waals surface area contributed by atoms with E-state index in [1.54, 1.807) is 0 Å². The Morgan fingerprint density at radius 2 is 1.14 bits per heavy atom. The van der Waals surface area contributed by atoms with Gasteiger partial charge in [-0.25, -0.2) is 0 Å². The molecule has 3 aliphatic rings. The van der Waals surface area contributed by atoms with Gasteiger partial charge in [0.15, 0.2) is 24.8 Å². The zero-order valence-electron chi connectivity index (χ0n) is 31.8. The first-order valence-corrected chi connectivity index (χ1v) is 19.1. The molecule has 3 aliphatic heterocycles. The van der Waals surface area contributed by atoms with Crippen LogP contribution in [-0.4, -0.2) is 91.7 Å². The predicted molar refractivity (Wildman–Crippen MR) is 202 cm³/mol. The molecule has 3 heterocycles. The summed E-state index contributed by atoms with van der Waals surface area (Å²) >= 11 is 0. The van der Waals surface area contributed by atoms with E-state index in [0.29, 0.717) is 0 Å². The van der Waals surface area contributed by atoms with E-state index >= 15 is 0 Å². The molecule has 11 atom stereocenters. The Kier molecular flexibility index (Phi) is 14.1. The van der Waals surface area contributed by atoms with Crippen LogP contribution in [-0.2, 0) is 76.8 Å². The fourth-order valence-electron chi connectivity index (χ4n) is 7.14. The predicted octanol–water partition coefficient (Wildman–Crippen LogP) is 5.18. The number of aliphatic hydroxyl groups excluding tert-OH is 1. The van der Waals surface area contributed by atoms with E-state index in [4.69, 9.17) is 47.4 Å². The Morgan fingerprint density at radius 3 is 1.72 bits per heavy atom. The molecule has 7 rings (SSSR count). The monoisotopic (exact) mass is 784 g/mol. The zero-order valence-corrected chi connectivity index (χ0v) is 31.8. The minimum atomic E-state index is -1.45. The maximum Gasteiger partial charge on any atom is 0.303 e. The highest BCUT2D eigenvalue weighted by Gasteiger charge is 2.56. The average Bonchev–Trinajstić information content (AvgIpc) is 3.23. The molecule has 4 aromatic carbocycles. The number of rotatable bonds is 15. The van der Waals surface area contributed by atoms with E-state index in [2.05, 4.69) is 0 Å². The van der Waals surface area contributed by atoms with Gasteiger partial charge in [0, 0.05) is 19.4 Å². The van der Waals surface area contributed by atoms with Crippen LogP contribution in [0.1, 0.15) is 42.4 Å². The van der Waals surface area contributed by atoms with Gasteiger partial charge in [0.05, 0.1) is 33.0 Å². The molecule has 302 valence electrons. The number of fused-ring (bicyclic) bond motifs is 1. The Balaban J connectivity index is 1.16. The highest BCUT2D eigenvalue weighted by atomic mass is 16.8. The number of carbonyl (C=O) groups excluding carboxylic acids is 2. The van der Waals surface area contributed by atoms with E-state index in [1.165, 1.54) is 13.8 Å². The van der Waals surface area contributed by atoms with Gasteiger partial charge in [-0.05, 0) is 16.7 Å². The SMILES string of the molecule is CC(=O)O[C@@H]1[C@@H](OC(C)=O)[C@H](O[C@@H]2O[C@H](COCc3ccccc3)[C@@H](OCc3ccccc3)[C@H](OCc3ccccc3)[C@@H]2O)O[C@@H]2COC(c3ccccc3)O[C@@H]12. The summed E-state index contributed by atoms with van der Waals surface area (Å²) in [5.41, 5.74) is 3.48. The van der Waals surface area contributed by atoms with Crippen molar-refractivity contribution in [1.82, 2.24) is 0 Å². The lowest BCUT2D eigenvalue weighted by molar-refractivity contribution is -0.402. The van der Waals surface area contributed by atoms with E-state index in [9.17, 15) is 14.7 Å². The number of hydrogen-bond donors (Lipinski definition) is 1. The number of benzene rings is 4. The molecular formula is C44H48O13.